The van der Waals surface area contributed by atoms with Crippen molar-refractivity contribution in [2.45, 2.75) is 19.9 Å². The zero-order chi connectivity index (χ0) is 15.6. The number of hydrogen-bond donors (Lipinski definition) is 1. The standard InChI is InChI=1S/C16H16F3NO/c1-9-4-5-15(21-3)12(6-9)10(2)20-14-8-11(17)7-13(18)16(14)19/h4-8,10,20H,1-3H3. The van der Waals surface area contributed by atoms with Crippen molar-refractivity contribution in [1.82, 2.24) is 0 Å². The maximum absolute atomic E-state index is 13.7. The molecule has 0 saturated carbocycles. The summed E-state index contributed by atoms with van der Waals surface area (Å²) in [7, 11) is 1.53. The number of methoxy groups -OCH3 is 1. The lowest BCUT2D eigenvalue weighted by molar-refractivity contribution is 0.407. The van der Waals surface area contributed by atoms with Gasteiger partial charge in [0, 0.05) is 17.7 Å². The molecular formula is C16H16F3NO. The Hall–Kier alpha value is -2.17. The van der Waals surface area contributed by atoms with Crippen molar-refractivity contribution in [3.63, 3.8) is 0 Å². The van der Waals surface area contributed by atoms with Crippen molar-refractivity contribution in [3.05, 3.63) is 58.9 Å². The van der Waals surface area contributed by atoms with Gasteiger partial charge >= 0.3 is 0 Å². The first-order valence-corrected chi connectivity index (χ1v) is 6.48. The molecule has 2 aromatic rings. The average Bonchev–Trinajstić information content (AvgIpc) is 2.44. The predicted molar refractivity (Wildman–Crippen MR) is 76.1 cm³/mol. The van der Waals surface area contributed by atoms with Gasteiger partial charge in [-0.3, -0.25) is 0 Å². The van der Waals surface area contributed by atoms with E-state index in [0.29, 0.717) is 11.8 Å². The third-order valence-corrected chi connectivity index (χ3v) is 3.22. The molecule has 0 amide bonds. The Bertz CT molecular complexity index is 658. The monoisotopic (exact) mass is 295 g/mol. The van der Waals surface area contributed by atoms with Crippen LogP contribution in [0.25, 0.3) is 0 Å². The Morgan fingerprint density at radius 1 is 1.10 bits per heavy atom. The summed E-state index contributed by atoms with van der Waals surface area (Å²) >= 11 is 0. The number of rotatable bonds is 4. The highest BCUT2D eigenvalue weighted by molar-refractivity contribution is 5.50. The lowest BCUT2D eigenvalue weighted by Gasteiger charge is -2.19. The Morgan fingerprint density at radius 2 is 1.81 bits per heavy atom. The third-order valence-electron chi connectivity index (χ3n) is 3.22. The quantitative estimate of drug-likeness (QED) is 0.833. The second-order valence-electron chi connectivity index (χ2n) is 4.86. The maximum Gasteiger partial charge on any atom is 0.182 e. The minimum atomic E-state index is -1.22. The smallest absolute Gasteiger partial charge is 0.182 e. The molecule has 0 heterocycles. The number of hydrogen-bond acceptors (Lipinski definition) is 2. The fraction of sp³-hybridized carbons (Fsp3) is 0.250. The summed E-state index contributed by atoms with van der Waals surface area (Å²) < 4.78 is 45.4. The van der Waals surface area contributed by atoms with Gasteiger partial charge in [0.2, 0.25) is 0 Å². The SMILES string of the molecule is COc1ccc(C)cc1C(C)Nc1cc(F)cc(F)c1F. The Kier molecular flexibility index (Phi) is 4.40. The second-order valence-corrected chi connectivity index (χ2v) is 4.86. The van der Waals surface area contributed by atoms with Gasteiger partial charge in [0.15, 0.2) is 11.6 Å². The predicted octanol–water partition coefficient (Wildman–Crippen LogP) is 4.59. The van der Waals surface area contributed by atoms with Crippen LogP contribution in [-0.4, -0.2) is 7.11 Å². The fourth-order valence-electron chi connectivity index (χ4n) is 2.16. The number of aryl methyl sites for hydroxylation is 1. The van der Waals surface area contributed by atoms with E-state index in [9.17, 15) is 13.2 Å². The van der Waals surface area contributed by atoms with Gasteiger partial charge in [0.25, 0.3) is 0 Å². The third kappa shape index (κ3) is 3.29. The van der Waals surface area contributed by atoms with E-state index >= 15 is 0 Å². The van der Waals surface area contributed by atoms with Gasteiger partial charge in [-0.15, -0.1) is 0 Å². The van der Waals surface area contributed by atoms with Crippen molar-refractivity contribution in [2.75, 3.05) is 12.4 Å². The topological polar surface area (TPSA) is 21.3 Å². The molecule has 1 atom stereocenters. The van der Waals surface area contributed by atoms with Crippen molar-refractivity contribution in [2.24, 2.45) is 0 Å². The summed E-state index contributed by atoms with van der Waals surface area (Å²) in [5, 5.41) is 2.78. The van der Waals surface area contributed by atoms with Gasteiger partial charge < -0.3 is 10.1 Å². The van der Waals surface area contributed by atoms with Crippen LogP contribution in [0.5, 0.6) is 5.75 Å². The van der Waals surface area contributed by atoms with Crippen molar-refractivity contribution in [3.8, 4) is 5.75 Å². The van der Waals surface area contributed by atoms with E-state index in [1.807, 2.05) is 19.1 Å². The van der Waals surface area contributed by atoms with Crippen LogP contribution >= 0.6 is 0 Å². The van der Waals surface area contributed by atoms with Crippen LogP contribution in [-0.2, 0) is 0 Å². The van der Waals surface area contributed by atoms with E-state index in [0.717, 1.165) is 17.2 Å². The highest BCUT2D eigenvalue weighted by atomic mass is 19.2. The molecule has 0 aromatic heterocycles. The molecule has 1 unspecified atom stereocenters. The summed E-state index contributed by atoms with van der Waals surface area (Å²) in [6.45, 7) is 3.68. The van der Waals surface area contributed by atoms with Crippen molar-refractivity contribution >= 4 is 5.69 Å². The maximum atomic E-state index is 13.7. The average molecular weight is 295 g/mol. The molecule has 2 nitrogen and oxygen atoms in total. The minimum absolute atomic E-state index is 0.219. The summed E-state index contributed by atoms with van der Waals surface area (Å²) in [6, 6.07) is 6.62. The number of halogens is 3. The number of anilines is 1. The molecule has 2 aromatic carbocycles. The first kappa shape index (κ1) is 15.2. The molecule has 21 heavy (non-hydrogen) atoms. The Morgan fingerprint density at radius 3 is 2.48 bits per heavy atom. The first-order valence-electron chi connectivity index (χ1n) is 6.48. The summed E-state index contributed by atoms with van der Waals surface area (Å²) in [6.07, 6.45) is 0. The van der Waals surface area contributed by atoms with E-state index < -0.39 is 17.5 Å². The lowest BCUT2D eigenvalue weighted by Crippen LogP contribution is -2.10. The highest BCUT2D eigenvalue weighted by Gasteiger charge is 2.16. The van der Waals surface area contributed by atoms with Crippen LogP contribution in [0.1, 0.15) is 24.1 Å². The molecule has 0 aliphatic heterocycles. The minimum Gasteiger partial charge on any atom is -0.496 e. The molecule has 0 saturated heterocycles. The van der Waals surface area contributed by atoms with E-state index in [1.54, 1.807) is 13.0 Å². The fourth-order valence-corrected chi connectivity index (χ4v) is 2.16. The zero-order valence-electron chi connectivity index (χ0n) is 12.0. The molecule has 0 aliphatic carbocycles. The molecule has 0 radical (unpaired) electrons. The second kappa shape index (κ2) is 6.08. The normalized spacial score (nSPS) is 12.1. The van der Waals surface area contributed by atoms with E-state index in [2.05, 4.69) is 5.32 Å². The molecular weight excluding hydrogens is 279 g/mol. The van der Waals surface area contributed by atoms with Crippen LogP contribution in [0.2, 0.25) is 0 Å². The molecule has 1 N–H and O–H groups in total. The molecule has 5 heteroatoms. The van der Waals surface area contributed by atoms with Crippen LogP contribution < -0.4 is 10.1 Å². The van der Waals surface area contributed by atoms with Crippen molar-refractivity contribution in [1.29, 1.82) is 0 Å². The largest absolute Gasteiger partial charge is 0.496 e. The van der Waals surface area contributed by atoms with Crippen LogP contribution in [0.15, 0.2) is 30.3 Å². The van der Waals surface area contributed by atoms with E-state index in [4.69, 9.17) is 4.74 Å². The van der Waals surface area contributed by atoms with Crippen molar-refractivity contribution < 1.29 is 17.9 Å². The Balaban J connectivity index is 2.34. The summed E-state index contributed by atoms with van der Waals surface area (Å²) in [5.74, 6) is -2.53. The van der Waals surface area contributed by atoms with Gasteiger partial charge in [-0.05, 0) is 19.9 Å². The first-order chi connectivity index (χ1) is 9.92. The van der Waals surface area contributed by atoms with Gasteiger partial charge in [-0.2, -0.15) is 0 Å². The Labute approximate surface area is 121 Å². The van der Waals surface area contributed by atoms with Gasteiger partial charge in [0.1, 0.15) is 11.6 Å². The molecule has 0 bridgehead atoms. The van der Waals surface area contributed by atoms with Crippen LogP contribution in [0, 0.1) is 24.4 Å². The highest BCUT2D eigenvalue weighted by Crippen LogP contribution is 2.30. The van der Waals surface area contributed by atoms with Gasteiger partial charge in [-0.1, -0.05) is 17.7 Å². The number of nitrogens with one attached hydrogen (secondary N) is 1. The lowest BCUT2D eigenvalue weighted by atomic mass is 10.0. The molecule has 112 valence electrons. The summed E-state index contributed by atoms with van der Waals surface area (Å²) in [5.41, 5.74) is 1.57. The number of benzene rings is 2. The molecule has 0 fully saturated rings. The van der Waals surface area contributed by atoms with Crippen LogP contribution in [0.4, 0.5) is 18.9 Å². The summed E-state index contributed by atoms with van der Waals surface area (Å²) in [4.78, 5) is 0. The molecule has 2 rings (SSSR count). The van der Waals surface area contributed by atoms with E-state index in [-0.39, 0.29) is 11.7 Å². The van der Waals surface area contributed by atoms with E-state index in [1.165, 1.54) is 7.11 Å². The molecule has 0 spiro atoms. The van der Waals surface area contributed by atoms with Gasteiger partial charge in [0.05, 0.1) is 18.8 Å². The zero-order valence-corrected chi connectivity index (χ0v) is 12.0. The number of ether oxygens (including phenoxy) is 1. The van der Waals surface area contributed by atoms with Crippen LogP contribution in [0.3, 0.4) is 0 Å². The van der Waals surface area contributed by atoms with Gasteiger partial charge in [-0.25, -0.2) is 13.2 Å². The molecule has 0 aliphatic rings.